The molecule has 0 aromatic carbocycles. The Morgan fingerprint density at radius 3 is 2.53 bits per heavy atom. The highest BCUT2D eigenvalue weighted by atomic mass is 16.5. The summed E-state index contributed by atoms with van der Waals surface area (Å²) in [7, 11) is 1.37. The van der Waals surface area contributed by atoms with E-state index in [-0.39, 0.29) is 29.6 Å². The summed E-state index contributed by atoms with van der Waals surface area (Å²) in [5.41, 5.74) is -0.109. The van der Waals surface area contributed by atoms with Crippen LogP contribution in [0.5, 0.6) is 0 Å². The van der Waals surface area contributed by atoms with E-state index in [2.05, 4.69) is 4.74 Å². The second kappa shape index (κ2) is 4.04. The first-order valence-corrected chi connectivity index (χ1v) is 4.87. The quantitative estimate of drug-likeness (QED) is 0.566. The Balaban J connectivity index is 2.55. The average Bonchev–Trinajstić information content (AvgIpc) is 2.67. The van der Waals surface area contributed by atoms with E-state index in [1.54, 1.807) is 12.2 Å². The summed E-state index contributed by atoms with van der Waals surface area (Å²) >= 11 is 0. The molecule has 1 saturated carbocycles. The third-order valence-electron chi connectivity index (χ3n) is 3.00. The van der Waals surface area contributed by atoms with E-state index in [9.17, 15) is 9.59 Å². The minimum atomic E-state index is -0.862. The van der Waals surface area contributed by atoms with Gasteiger partial charge in [-0.1, -0.05) is 26.0 Å². The SMILES string of the molecule is COC(=O)C1C(C=CCC(=O)O)C1(C)C. The number of carbonyl (C=O) groups excluding carboxylic acids is 1. The molecule has 0 aromatic rings. The van der Waals surface area contributed by atoms with Crippen molar-refractivity contribution < 1.29 is 19.4 Å². The number of rotatable bonds is 4. The van der Waals surface area contributed by atoms with Crippen LogP contribution in [0.4, 0.5) is 0 Å². The van der Waals surface area contributed by atoms with Crippen LogP contribution in [0.3, 0.4) is 0 Å². The molecule has 0 aromatic heterocycles. The summed E-state index contributed by atoms with van der Waals surface area (Å²) in [6.45, 7) is 3.95. The summed E-state index contributed by atoms with van der Waals surface area (Å²) in [4.78, 5) is 21.6. The van der Waals surface area contributed by atoms with Gasteiger partial charge in [0, 0.05) is 0 Å². The van der Waals surface area contributed by atoms with Crippen molar-refractivity contribution in [1.29, 1.82) is 0 Å². The van der Waals surface area contributed by atoms with Gasteiger partial charge in [0.1, 0.15) is 0 Å². The number of carboxylic acids is 1. The molecule has 2 atom stereocenters. The predicted molar refractivity (Wildman–Crippen MR) is 54.2 cm³/mol. The fourth-order valence-electron chi connectivity index (χ4n) is 1.93. The molecular formula is C11H16O4. The molecule has 0 saturated heterocycles. The molecule has 4 heteroatoms. The first-order chi connectivity index (χ1) is 6.91. The smallest absolute Gasteiger partial charge is 0.309 e. The molecule has 1 aliphatic rings. The van der Waals surface area contributed by atoms with Gasteiger partial charge in [0.25, 0.3) is 0 Å². The standard InChI is InChI=1S/C11H16O4/c1-11(2)7(5-4-6-8(12)13)9(11)10(14)15-3/h4-5,7,9H,6H2,1-3H3,(H,12,13). The Morgan fingerprint density at radius 2 is 2.07 bits per heavy atom. The molecule has 15 heavy (non-hydrogen) atoms. The Bertz CT molecular complexity index is 304. The zero-order valence-corrected chi connectivity index (χ0v) is 9.19. The molecule has 4 nitrogen and oxygen atoms in total. The first kappa shape index (κ1) is 11.8. The lowest BCUT2D eigenvalue weighted by Gasteiger charge is -1.98. The third kappa shape index (κ3) is 2.37. The van der Waals surface area contributed by atoms with Crippen molar-refractivity contribution in [2.24, 2.45) is 17.3 Å². The number of methoxy groups -OCH3 is 1. The van der Waals surface area contributed by atoms with Crippen molar-refractivity contribution in [2.45, 2.75) is 20.3 Å². The molecule has 0 amide bonds. The molecule has 0 radical (unpaired) electrons. The van der Waals surface area contributed by atoms with Crippen LogP contribution in [0.1, 0.15) is 20.3 Å². The van der Waals surface area contributed by atoms with Crippen LogP contribution in [0.25, 0.3) is 0 Å². The van der Waals surface area contributed by atoms with Crippen LogP contribution >= 0.6 is 0 Å². The summed E-state index contributed by atoms with van der Waals surface area (Å²) in [6.07, 6.45) is 3.40. The number of esters is 1. The lowest BCUT2D eigenvalue weighted by molar-refractivity contribution is -0.143. The number of ether oxygens (including phenoxy) is 1. The van der Waals surface area contributed by atoms with E-state index in [0.717, 1.165) is 0 Å². The van der Waals surface area contributed by atoms with Crippen molar-refractivity contribution in [3.8, 4) is 0 Å². The number of carbonyl (C=O) groups is 2. The average molecular weight is 212 g/mol. The number of carboxylic acid groups (broad SMARTS) is 1. The molecule has 0 heterocycles. The van der Waals surface area contributed by atoms with Crippen molar-refractivity contribution >= 4 is 11.9 Å². The summed E-state index contributed by atoms with van der Waals surface area (Å²) < 4.78 is 4.68. The van der Waals surface area contributed by atoms with E-state index in [1.807, 2.05) is 13.8 Å². The van der Waals surface area contributed by atoms with Crippen LogP contribution in [-0.4, -0.2) is 24.2 Å². The maximum atomic E-state index is 11.3. The van der Waals surface area contributed by atoms with Crippen LogP contribution < -0.4 is 0 Å². The molecule has 0 spiro atoms. The zero-order chi connectivity index (χ0) is 11.6. The molecule has 0 aliphatic heterocycles. The summed E-state index contributed by atoms with van der Waals surface area (Å²) in [5.74, 6) is -1.11. The minimum Gasteiger partial charge on any atom is -0.481 e. The Morgan fingerprint density at radius 1 is 1.47 bits per heavy atom. The molecule has 1 rings (SSSR count). The summed E-state index contributed by atoms with van der Waals surface area (Å²) in [5, 5.41) is 8.46. The topological polar surface area (TPSA) is 63.6 Å². The molecule has 1 aliphatic carbocycles. The van der Waals surface area contributed by atoms with E-state index in [4.69, 9.17) is 5.11 Å². The van der Waals surface area contributed by atoms with Crippen molar-refractivity contribution in [3.63, 3.8) is 0 Å². The van der Waals surface area contributed by atoms with E-state index < -0.39 is 5.97 Å². The molecule has 2 unspecified atom stereocenters. The Labute approximate surface area is 88.9 Å². The normalized spacial score (nSPS) is 27.7. The maximum Gasteiger partial charge on any atom is 0.309 e. The largest absolute Gasteiger partial charge is 0.481 e. The van der Waals surface area contributed by atoms with Crippen molar-refractivity contribution in [1.82, 2.24) is 0 Å². The van der Waals surface area contributed by atoms with E-state index >= 15 is 0 Å². The highest BCUT2D eigenvalue weighted by Crippen LogP contribution is 2.59. The molecule has 1 fully saturated rings. The van der Waals surface area contributed by atoms with Gasteiger partial charge in [-0.05, 0) is 11.3 Å². The fourth-order valence-corrected chi connectivity index (χ4v) is 1.93. The summed E-state index contributed by atoms with van der Waals surface area (Å²) in [6, 6.07) is 0. The van der Waals surface area contributed by atoms with Gasteiger partial charge in [-0.2, -0.15) is 0 Å². The van der Waals surface area contributed by atoms with Crippen LogP contribution in [0.15, 0.2) is 12.2 Å². The van der Waals surface area contributed by atoms with Crippen molar-refractivity contribution in [3.05, 3.63) is 12.2 Å². The van der Waals surface area contributed by atoms with Gasteiger partial charge in [0.05, 0.1) is 19.4 Å². The predicted octanol–water partition coefficient (Wildman–Crippen LogP) is 1.46. The van der Waals surface area contributed by atoms with Gasteiger partial charge in [0.2, 0.25) is 0 Å². The third-order valence-corrected chi connectivity index (χ3v) is 3.00. The number of allylic oxidation sites excluding steroid dienone is 1. The monoisotopic (exact) mass is 212 g/mol. The van der Waals surface area contributed by atoms with Gasteiger partial charge in [-0.3, -0.25) is 9.59 Å². The minimum absolute atomic E-state index is 0.000469. The molecule has 84 valence electrons. The van der Waals surface area contributed by atoms with Crippen LogP contribution in [-0.2, 0) is 14.3 Å². The van der Waals surface area contributed by atoms with Gasteiger partial charge in [-0.15, -0.1) is 0 Å². The maximum absolute atomic E-state index is 11.3. The van der Waals surface area contributed by atoms with Gasteiger partial charge < -0.3 is 9.84 Å². The van der Waals surface area contributed by atoms with Gasteiger partial charge >= 0.3 is 11.9 Å². The zero-order valence-electron chi connectivity index (χ0n) is 9.19. The number of aliphatic carboxylic acids is 1. The van der Waals surface area contributed by atoms with Crippen molar-refractivity contribution in [2.75, 3.05) is 7.11 Å². The molecular weight excluding hydrogens is 196 g/mol. The van der Waals surface area contributed by atoms with Gasteiger partial charge in [-0.25, -0.2) is 0 Å². The molecule has 0 bridgehead atoms. The Kier molecular flexibility index (Phi) is 3.17. The van der Waals surface area contributed by atoms with E-state index in [1.165, 1.54) is 7.11 Å². The van der Waals surface area contributed by atoms with Gasteiger partial charge in [0.15, 0.2) is 0 Å². The fraction of sp³-hybridized carbons (Fsp3) is 0.636. The number of hydrogen-bond acceptors (Lipinski definition) is 3. The Hall–Kier alpha value is -1.32. The highest BCUT2D eigenvalue weighted by Gasteiger charge is 2.61. The lowest BCUT2D eigenvalue weighted by Crippen LogP contribution is -2.07. The van der Waals surface area contributed by atoms with Crippen LogP contribution in [0.2, 0.25) is 0 Å². The number of hydrogen-bond donors (Lipinski definition) is 1. The highest BCUT2D eigenvalue weighted by molar-refractivity contribution is 5.78. The van der Waals surface area contributed by atoms with Crippen LogP contribution in [0, 0.1) is 17.3 Å². The van der Waals surface area contributed by atoms with E-state index in [0.29, 0.717) is 0 Å². The second-order valence-electron chi connectivity index (χ2n) is 4.37. The first-order valence-electron chi connectivity index (χ1n) is 4.87. The lowest BCUT2D eigenvalue weighted by atomic mass is 10.1. The second-order valence-corrected chi connectivity index (χ2v) is 4.37. The molecule has 1 N–H and O–H groups in total.